The lowest BCUT2D eigenvalue weighted by Gasteiger charge is -2.00. The second-order valence-electron chi connectivity index (χ2n) is 2.81. The van der Waals surface area contributed by atoms with Gasteiger partial charge in [0.05, 0.1) is 5.56 Å². The maximum Gasteiger partial charge on any atom is 0.234 e. The first-order valence-electron chi connectivity index (χ1n) is 4.24. The molecular formula is C10H7N3O2. The molecule has 15 heavy (non-hydrogen) atoms. The minimum absolute atomic E-state index is 0.0199. The molecular weight excluding hydrogens is 194 g/mol. The van der Waals surface area contributed by atoms with Crippen LogP contribution >= 0.6 is 0 Å². The molecule has 0 fully saturated rings. The average molecular weight is 201 g/mol. The maximum absolute atomic E-state index is 11.8. The molecule has 1 aromatic heterocycles. The number of phenolic OH excluding ortho intramolecular Hbond substituents is 1. The van der Waals surface area contributed by atoms with Crippen molar-refractivity contribution in [1.82, 2.24) is 15.0 Å². The van der Waals surface area contributed by atoms with Gasteiger partial charge in [-0.15, -0.1) is 0 Å². The summed E-state index contributed by atoms with van der Waals surface area (Å²) in [6.45, 7) is 0. The number of ketones is 1. The number of carbonyl (C=O) groups is 1. The van der Waals surface area contributed by atoms with Crippen molar-refractivity contribution in [3.63, 3.8) is 0 Å². The van der Waals surface area contributed by atoms with E-state index in [0.29, 0.717) is 0 Å². The normalized spacial score (nSPS) is 9.87. The predicted octanol–water partition coefficient (Wildman–Crippen LogP) is 0.808. The molecule has 2 rings (SSSR count). The molecule has 1 aromatic carbocycles. The molecule has 0 bridgehead atoms. The molecule has 5 nitrogen and oxygen atoms in total. The first-order chi connectivity index (χ1) is 7.29. The van der Waals surface area contributed by atoms with Gasteiger partial charge >= 0.3 is 0 Å². The standard InChI is InChI=1S/C10H7N3O2/c14-8-4-2-1-3-7(8)9(15)10-12-5-11-6-13-10/h1-6,14H. The van der Waals surface area contributed by atoms with Gasteiger partial charge in [-0.25, -0.2) is 15.0 Å². The lowest BCUT2D eigenvalue weighted by molar-refractivity contribution is 0.102. The van der Waals surface area contributed by atoms with Crippen molar-refractivity contribution in [2.24, 2.45) is 0 Å². The van der Waals surface area contributed by atoms with Gasteiger partial charge in [0.15, 0.2) is 0 Å². The SMILES string of the molecule is O=C(c1ncncn1)c1ccccc1O. The first-order valence-corrected chi connectivity index (χ1v) is 4.24. The van der Waals surface area contributed by atoms with Crippen LogP contribution in [-0.2, 0) is 0 Å². The highest BCUT2D eigenvalue weighted by Crippen LogP contribution is 2.17. The van der Waals surface area contributed by atoms with Gasteiger partial charge in [-0.2, -0.15) is 0 Å². The van der Waals surface area contributed by atoms with Crippen molar-refractivity contribution in [3.8, 4) is 5.75 Å². The fourth-order valence-electron chi connectivity index (χ4n) is 1.14. The van der Waals surface area contributed by atoms with Crippen molar-refractivity contribution in [3.05, 3.63) is 48.3 Å². The summed E-state index contributed by atoms with van der Waals surface area (Å²) in [5.74, 6) is -0.482. The highest BCUT2D eigenvalue weighted by atomic mass is 16.3. The zero-order valence-corrected chi connectivity index (χ0v) is 7.66. The van der Waals surface area contributed by atoms with Crippen LogP contribution in [0, 0.1) is 0 Å². The Labute approximate surface area is 85.5 Å². The Morgan fingerprint density at radius 1 is 1.13 bits per heavy atom. The van der Waals surface area contributed by atoms with E-state index in [1.54, 1.807) is 12.1 Å². The molecule has 0 unspecified atom stereocenters. The number of aromatic hydroxyl groups is 1. The van der Waals surface area contributed by atoms with E-state index >= 15 is 0 Å². The van der Waals surface area contributed by atoms with E-state index in [2.05, 4.69) is 15.0 Å². The molecule has 0 atom stereocenters. The van der Waals surface area contributed by atoms with Crippen molar-refractivity contribution in [2.45, 2.75) is 0 Å². The molecule has 0 aliphatic heterocycles. The smallest absolute Gasteiger partial charge is 0.234 e. The number of hydrogen-bond acceptors (Lipinski definition) is 5. The summed E-state index contributed by atoms with van der Waals surface area (Å²) in [6.07, 6.45) is 2.47. The van der Waals surface area contributed by atoms with Crippen LogP contribution in [0.25, 0.3) is 0 Å². The number of para-hydroxylation sites is 1. The van der Waals surface area contributed by atoms with Gasteiger partial charge < -0.3 is 5.11 Å². The number of rotatable bonds is 2. The van der Waals surface area contributed by atoms with Crippen LogP contribution in [0.2, 0.25) is 0 Å². The predicted molar refractivity (Wildman–Crippen MR) is 51.4 cm³/mol. The minimum Gasteiger partial charge on any atom is -0.507 e. The van der Waals surface area contributed by atoms with Gasteiger partial charge in [-0.1, -0.05) is 12.1 Å². The lowest BCUT2D eigenvalue weighted by Crippen LogP contribution is -2.07. The summed E-state index contributed by atoms with van der Waals surface area (Å²) < 4.78 is 0. The van der Waals surface area contributed by atoms with E-state index in [9.17, 15) is 9.90 Å². The van der Waals surface area contributed by atoms with E-state index in [4.69, 9.17) is 0 Å². The van der Waals surface area contributed by atoms with Gasteiger partial charge in [0.25, 0.3) is 0 Å². The van der Waals surface area contributed by atoms with Gasteiger partial charge in [-0.3, -0.25) is 4.79 Å². The number of aromatic nitrogens is 3. The average Bonchev–Trinajstić information content (AvgIpc) is 2.30. The zero-order valence-electron chi connectivity index (χ0n) is 7.66. The molecule has 0 saturated heterocycles. The van der Waals surface area contributed by atoms with Crippen LogP contribution in [0.1, 0.15) is 16.2 Å². The molecule has 2 aromatic rings. The highest BCUT2D eigenvalue weighted by Gasteiger charge is 2.14. The fraction of sp³-hybridized carbons (Fsp3) is 0. The molecule has 0 amide bonds. The number of phenols is 1. The molecule has 1 heterocycles. The van der Waals surface area contributed by atoms with Crippen molar-refractivity contribution in [1.29, 1.82) is 0 Å². The Bertz CT molecular complexity index is 485. The molecule has 5 heteroatoms. The first kappa shape index (κ1) is 9.26. The Hall–Kier alpha value is -2.30. The van der Waals surface area contributed by atoms with Crippen molar-refractivity contribution in [2.75, 3.05) is 0 Å². The summed E-state index contributed by atoms with van der Waals surface area (Å²) in [4.78, 5) is 22.8. The van der Waals surface area contributed by atoms with Crippen LogP contribution in [0.3, 0.4) is 0 Å². The van der Waals surface area contributed by atoms with Gasteiger partial charge in [0.1, 0.15) is 18.4 Å². The molecule has 1 N–H and O–H groups in total. The van der Waals surface area contributed by atoms with E-state index in [1.807, 2.05) is 0 Å². The van der Waals surface area contributed by atoms with Crippen molar-refractivity contribution < 1.29 is 9.90 Å². The minimum atomic E-state index is -0.421. The van der Waals surface area contributed by atoms with Gasteiger partial charge in [-0.05, 0) is 12.1 Å². The number of hydrogen-bond donors (Lipinski definition) is 1. The fourth-order valence-corrected chi connectivity index (χ4v) is 1.14. The van der Waals surface area contributed by atoms with Crippen LogP contribution in [0.5, 0.6) is 5.75 Å². The third kappa shape index (κ3) is 1.80. The second-order valence-corrected chi connectivity index (χ2v) is 2.81. The number of benzene rings is 1. The number of nitrogens with zero attached hydrogens (tertiary/aromatic N) is 3. The van der Waals surface area contributed by atoms with E-state index in [0.717, 1.165) is 0 Å². The summed E-state index contributed by atoms with van der Waals surface area (Å²) >= 11 is 0. The van der Waals surface area contributed by atoms with Crippen LogP contribution in [-0.4, -0.2) is 25.8 Å². The summed E-state index contributed by atoms with van der Waals surface area (Å²) in [5, 5.41) is 9.45. The Kier molecular flexibility index (Phi) is 2.37. The molecule has 0 radical (unpaired) electrons. The third-order valence-corrected chi connectivity index (χ3v) is 1.85. The zero-order chi connectivity index (χ0) is 10.7. The van der Waals surface area contributed by atoms with Crippen LogP contribution in [0.15, 0.2) is 36.9 Å². The highest BCUT2D eigenvalue weighted by molar-refractivity contribution is 6.08. The Morgan fingerprint density at radius 3 is 2.47 bits per heavy atom. The molecule has 0 aliphatic rings. The largest absolute Gasteiger partial charge is 0.507 e. The monoisotopic (exact) mass is 201 g/mol. The van der Waals surface area contributed by atoms with Crippen LogP contribution < -0.4 is 0 Å². The van der Waals surface area contributed by atoms with Crippen molar-refractivity contribution >= 4 is 5.78 Å². The van der Waals surface area contributed by atoms with Crippen LogP contribution in [0.4, 0.5) is 0 Å². The molecule has 0 spiro atoms. The van der Waals surface area contributed by atoms with Gasteiger partial charge in [0, 0.05) is 0 Å². The van der Waals surface area contributed by atoms with E-state index in [-0.39, 0.29) is 17.1 Å². The quantitative estimate of drug-likeness (QED) is 0.727. The molecule has 0 aliphatic carbocycles. The molecule has 0 saturated carbocycles. The summed E-state index contributed by atoms with van der Waals surface area (Å²) in [5.41, 5.74) is 0.184. The lowest BCUT2D eigenvalue weighted by atomic mass is 10.1. The Balaban J connectivity index is 2.42. The maximum atomic E-state index is 11.8. The third-order valence-electron chi connectivity index (χ3n) is 1.85. The Morgan fingerprint density at radius 2 is 1.80 bits per heavy atom. The van der Waals surface area contributed by atoms with Gasteiger partial charge in [0.2, 0.25) is 11.6 Å². The second kappa shape index (κ2) is 3.83. The van der Waals surface area contributed by atoms with E-state index < -0.39 is 5.78 Å². The summed E-state index contributed by atoms with van der Waals surface area (Å²) in [7, 11) is 0. The topological polar surface area (TPSA) is 76.0 Å². The summed E-state index contributed by atoms with van der Waals surface area (Å²) in [6, 6.07) is 6.25. The molecule has 74 valence electrons. The number of carbonyl (C=O) groups excluding carboxylic acids is 1. The van der Waals surface area contributed by atoms with E-state index in [1.165, 1.54) is 24.8 Å².